The van der Waals surface area contributed by atoms with Gasteiger partial charge >= 0.3 is 0 Å². The number of fused-ring (bicyclic) bond motifs is 2. The molecule has 0 heteroatoms. The fourth-order valence-corrected chi connectivity index (χ4v) is 3.35. The second kappa shape index (κ2) is 10.3. The van der Waals surface area contributed by atoms with Crippen LogP contribution in [-0.4, -0.2) is 0 Å². The summed E-state index contributed by atoms with van der Waals surface area (Å²) in [4.78, 5) is 0. The molecule has 2 aromatic carbocycles. The van der Waals surface area contributed by atoms with Crippen LogP contribution in [0.2, 0.25) is 0 Å². The highest BCUT2D eigenvalue weighted by atomic mass is 14.1. The lowest BCUT2D eigenvalue weighted by Gasteiger charge is -2.13. The van der Waals surface area contributed by atoms with Gasteiger partial charge < -0.3 is 0 Å². The van der Waals surface area contributed by atoms with E-state index in [1.165, 1.54) is 57.8 Å². The quantitative estimate of drug-likeness (QED) is 0.518. The Hall–Kier alpha value is -1.56. The predicted molar refractivity (Wildman–Crippen MR) is 102 cm³/mol. The molecule has 0 heterocycles. The van der Waals surface area contributed by atoms with E-state index in [0.717, 1.165) is 0 Å². The van der Waals surface area contributed by atoms with Crippen LogP contribution in [0.25, 0.3) is 0 Å². The molecule has 2 aliphatic rings. The van der Waals surface area contributed by atoms with Crippen molar-refractivity contribution in [2.24, 2.45) is 0 Å². The second-order valence-electron chi connectivity index (χ2n) is 6.66. The average molecular weight is 309 g/mol. The smallest absolute Gasteiger partial charge is 0.0276 e. The van der Waals surface area contributed by atoms with Crippen LogP contribution >= 0.6 is 0 Å². The molecule has 0 saturated heterocycles. The number of benzene rings is 2. The molecule has 0 saturated carbocycles. The molecule has 124 valence electrons. The van der Waals surface area contributed by atoms with Gasteiger partial charge in [0.05, 0.1) is 0 Å². The minimum Gasteiger partial charge on any atom is -0.0656 e. The van der Waals surface area contributed by atoms with E-state index < -0.39 is 0 Å². The molecule has 0 nitrogen and oxygen atoms in total. The van der Waals surface area contributed by atoms with Crippen molar-refractivity contribution in [1.29, 1.82) is 0 Å². The zero-order chi connectivity index (χ0) is 16.3. The van der Waals surface area contributed by atoms with Crippen LogP contribution in [0.15, 0.2) is 48.5 Å². The Balaban J connectivity index is 0.000000143. The van der Waals surface area contributed by atoms with Gasteiger partial charge in [-0.05, 0) is 73.6 Å². The highest BCUT2D eigenvalue weighted by molar-refractivity contribution is 5.29. The molecule has 0 bridgehead atoms. The first-order valence-corrected chi connectivity index (χ1v) is 9.48. The number of hydrogen-bond donors (Lipinski definition) is 0. The second-order valence-corrected chi connectivity index (χ2v) is 6.66. The van der Waals surface area contributed by atoms with Crippen molar-refractivity contribution >= 4 is 0 Å². The van der Waals surface area contributed by atoms with E-state index in [0.29, 0.717) is 0 Å². The molecular weight excluding hydrogens is 276 g/mol. The van der Waals surface area contributed by atoms with Crippen molar-refractivity contribution in [1.82, 2.24) is 0 Å². The molecule has 2 aliphatic carbocycles. The molecule has 0 radical (unpaired) electrons. The third-order valence-electron chi connectivity index (χ3n) is 4.52. The lowest BCUT2D eigenvalue weighted by molar-refractivity contribution is 0.685. The van der Waals surface area contributed by atoms with Crippen LogP contribution in [0.1, 0.15) is 68.2 Å². The molecule has 2 aromatic rings. The molecule has 0 unspecified atom stereocenters. The van der Waals surface area contributed by atoms with Crippen molar-refractivity contribution in [3.05, 3.63) is 70.8 Å². The average Bonchev–Trinajstić information content (AvgIpc) is 2.63. The Morgan fingerprint density at radius 1 is 0.522 bits per heavy atom. The first-order valence-electron chi connectivity index (χ1n) is 9.48. The largest absolute Gasteiger partial charge is 0.0656 e. The summed E-state index contributed by atoms with van der Waals surface area (Å²) >= 11 is 0. The fourth-order valence-electron chi connectivity index (χ4n) is 3.35. The standard InChI is InChI=1S/2C10H12.C3H8/c2*1-2-6-10-8-4-3-7-9(10)5-1;1-3-2/h2*1-2,5-6H,3-4,7-8H2;3H2,1-2H3. The first kappa shape index (κ1) is 17.8. The summed E-state index contributed by atoms with van der Waals surface area (Å²) < 4.78 is 0. The van der Waals surface area contributed by atoms with Gasteiger partial charge in [-0.3, -0.25) is 0 Å². The molecule has 0 N–H and O–H groups in total. The third-order valence-corrected chi connectivity index (χ3v) is 4.52. The molecule has 0 amide bonds. The first-order chi connectivity index (χ1) is 11.3. The summed E-state index contributed by atoms with van der Waals surface area (Å²) in [6, 6.07) is 17.6. The van der Waals surface area contributed by atoms with E-state index in [1.807, 2.05) is 0 Å². The molecule has 23 heavy (non-hydrogen) atoms. The van der Waals surface area contributed by atoms with Gasteiger partial charge in [-0.2, -0.15) is 0 Å². The molecule has 0 spiro atoms. The van der Waals surface area contributed by atoms with Gasteiger partial charge in [0.25, 0.3) is 0 Å². The summed E-state index contributed by atoms with van der Waals surface area (Å²) in [5.41, 5.74) is 6.31. The Morgan fingerprint density at radius 2 is 0.739 bits per heavy atom. The van der Waals surface area contributed by atoms with Crippen LogP contribution < -0.4 is 0 Å². The Labute approximate surface area is 143 Å². The van der Waals surface area contributed by atoms with E-state index in [2.05, 4.69) is 62.4 Å². The van der Waals surface area contributed by atoms with Crippen LogP contribution in [0.5, 0.6) is 0 Å². The van der Waals surface area contributed by atoms with E-state index in [-0.39, 0.29) is 0 Å². The van der Waals surface area contributed by atoms with Gasteiger partial charge in [0.2, 0.25) is 0 Å². The lowest BCUT2D eigenvalue weighted by Crippen LogP contribution is -2.00. The third kappa shape index (κ3) is 5.86. The van der Waals surface area contributed by atoms with Gasteiger partial charge in [-0.1, -0.05) is 68.8 Å². The van der Waals surface area contributed by atoms with Crippen molar-refractivity contribution in [2.75, 3.05) is 0 Å². The SMILES string of the molecule is CCC.c1ccc2c(c1)CCCC2.c1ccc2c(c1)CCCC2. The van der Waals surface area contributed by atoms with E-state index >= 15 is 0 Å². The van der Waals surface area contributed by atoms with Gasteiger partial charge in [0.15, 0.2) is 0 Å². The van der Waals surface area contributed by atoms with Crippen LogP contribution in [0, 0.1) is 0 Å². The van der Waals surface area contributed by atoms with Crippen LogP contribution in [0.4, 0.5) is 0 Å². The summed E-state index contributed by atoms with van der Waals surface area (Å²) in [6.07, 6.45) is 12.0. The van der Waals surface area contributed by atoms with Gasteiger partial charge in [-0.25, -0.2) is 0 Å². The molecule has 0 fully saturated rings. The molecule has 0 aliphatic heterocycles. The maximum atomic E-state index is 2.26. The van der Waals surface area contributed by atoms with Crippen LogP contribution in [-0.2, 0) is 25.7 Å². The minimum atomic E-state index is 1.25. The maximum absolute atomic E-state index is 2.26. The maximum Gasteiger partial charge on any atom is -0.0276 e. The summed E-state index contributed by atoms with van der Waals surface area (Å²) in [6.45, 7) is 4.25. The molecular formula is C23H32. The topological polar surface area (TPSA) is 0 Å². The zero-order valence-corrected chi connectivity index (χ0v) is 15.0. The summed E-state index contributed by atoms with van der Waals surface area (Å²) in [7, 11) is 0. The van der Waals surface area contributed by atoms with Crippen molar-refractivity contribution in [3.8, 4) is 0 Å². The van der Waals surface area contributed by atoms with E-state index in [1.54, 1.807) is 22.3 Å². The minimum absolute atomic E-state index is 1.25. The van der Waals surface area contributed by atoms with Crippen molar-refractivity contribution in [3.63, 3.8) is 0 Å². The fraction of sp³-hybridized carbons (Fsp3) is 0.478. The predicted octanol–water partition coefficient (Wildman–Crippen LogP) is 6.55. The lowest BCUT2D eigenvalue weighted by atomic mass is 9.92. The Morgan fingerprint density at radius 3 is 0.957 bits per heavy atom. The van der Waals surface area contributed by atoms with Crippen molar-refractivity contribution in [2.45, 2.75) is 71.6 Å². The molecule has 0 atom stereocenters. The highest BCUT2D eigenvalue weighted by Crippen LogP contribution is 2.20. The van der Waals surface area contributed by atoms with Crippen LogP contribution in [0.3, 0.4) is 0 Å². The Bertz CT molecular complexity index is 466. The highest BCUT2D eigenvalue weighted by Gasteiger charge is 2.06. The number of rotatable bonds is 0. The number of hydrogen-bond acceptors (Lipinski definition) is 0. The van der Waals surface area contributed by atoms with E-state index in [4.69, 9.17) is 0 Å². The summed E-state index contributed by atoms with van der Waals surface area (Å²) in [5.74, 6) is 0. The van der Waals surface area contributed by atoms with Gasteiger partial charge in [0, 0.05) is 0 Å². The summed E-state index contributed by atoms with van der Waals surface area (Å²) in [5, 5.41) is 0. The van der Waals surface area contributed by atoms with Gasteiger partial charge in [-0.15, -0.1) is 0 Å². The van der Waals surface area contributed by atoms with Gasteiger partial charge in [0.1, 0.15) is 0 Å². The molecule has 0 aromatic heterocycles. The number of aryl methyl sites for hydroxylation is 4. The van der Waals surface area contributed by atoms with Crippen molar-refractivity contribution < 1.29 is 0 Å². The normalized spacial score (nSPS) is 15.0. The van der Waals surface area contributed by atoms with E-state index in [9.17, 15) is 0 Å². The molecule has 4 rings (SSSR count). The zero-order valence-electron chi connectivity index (χ0n) is 15.0. The Kier molecular flexibility index (Phi) is 7.93. The monoisotopic (exact) mass is 308 g/mol.